The zero-order chi connectivity index (χ0) is 7.40. The summed E-state index contributed by atoms with van der Waals surface area (Å²) in [7, 11) is 0. The van der Waals surface area contributed by atoms with Gasteiger partial charge in [0.25, 0.3) is 0 Å². The van der Waals surface area contributed by atoms with Crippen LogP contribution >= 0.6 is 11.3 Å². The van der Waals surface area contributed by atoms with Crippen molar-refractivity contribution in [2.45, 2.75) is 6.92 Å². The number of thiophene rings is 1. The minimum atomic E-state index is 0.872. The molecular formula is C8H11NS. The fourth-order valence-corrected chi connectivity index (χ4v) is 1.23. The molecule has 0 radical (unpaired) electrons. The molecule has 0 amide bonds. The molecule has 0 aliphatic heterocycles. The Morgan fingerprint density at radius 1 is 1.80 bits per heavy atom. The van der Waals surface area contributed by atoms with E-state index in [0.717, 1.165) is 12.1 Å². The highest BCUT2D eigenvalue weighted by molar-refractivity contribution is 7.08. The number of hydrogen-bond acceptors (Lipinski definition) is 2. The molecule has 2 heteroatoms. The molecule has 1 rings (SSSR count). The predicted octanol–water partition coefficient (Wildman–Crippen LogP) is 2.74. The predicted molar refractivity (Wildman–Crippen MR) is 47.6 cm³/mol. The molecule has 0 aromatic carbocycles. The zero-order valence-electron chi connectivity index (χ0n) is 6.05. The van der Waals surface area contributed by atoms with Crippen LogP contribution in [0.1, 0.15) is 6.92 Å². The molecule has 0 fully saturated rings. The Hall–Kier alpha value is -0.760. The van der Waals surface area contributed by atoms with Crippen molar-refractivity contribution in [2.24, 2.45) is 0 Å². The smallest absolute Gasteiger partial charge is 0.0451 e. The standard InChI is InChI=1S/C8H11NS/c1-7(2)5-9-8-3-4-10-6-8/h3-4,6,9H,1,5H2,2H3. The average molecular weight is 153 g/mol. The van der Waals surface area contributed by atoms with Crippen molar-refractivity contribution in [3.63, 3.8) is 0 Å². The lowest BCUT2D eigenvalue weighted by Gasteiger charge is -2.00. The van der Waals surface area contributed by atoms with Gasteiger partial charge in [0.1, 0.15) is 0 Å². The molecule has 10 heavy (non-hydrogen) atoms. The summed E-state index contributed by atoms with van der Waals surface area (Å²) < 4.78 is 0. The molecule has 0 unspecified atom stereocenters. The molecule has 0 spiro atoms. The van der Waals surface area contributed by atoms with Crippen LogP contribution in [-0.4, -0.2) is 6.54 Å². The average Bonchev–Trinajstić information content (AvgIpc) is 2.34. The third-order valence-electron chi connectivity index (χ3n) is 1.12. The molecular weight excluding hydrogens is 142 g/mol. The van der Waals surface area contributed by atoms with Crippen LogP contribution in [0.4, 0.5) is 5.69 Å². The highest BCUT2D eigenvalue weighted by Gasteiger charge is 1.88. The molecule has 1 aromatic rings. The van der Waals surface area contributed by atoms with E-state index in [4.69, 9.17) is 0 Å². The van der Waals surface area contributed by atoms with E-state index in [1.807, 2.05) is 6.92 Å². The van der Waals surface area contributed by atoms with Crippen molar-refractivity contribution in [3.05, 3.63) is 29.0 Å². The molecule has 0 saturated heterocycles. The van der Waals surface area contributed by atoms with Crippen LogP contribution in [0.15, 0.2) is 29.0 Å². The number of nitrogens with one attached hydrogen (secondary N) is 1. The maximum Gasteiger partial charge on any atom is 0.0451 e. The maximum atomic E-state index is 3.80. The minimum absolute atomic E-state index is 0.872. The molecule has 1 heterocycles. The third-order valence-corrected chi connectivity index (χ3v) is 1.80. The van der Waals surface area contributed by atoms with Gasteiger partial charge < -0.3 is 5.32 Å². The molecule has 1 N–H and O–H groups in total. The summed E-state index contributed by atoms with van der Waals surface area (Å²) in [6.07, 6.45) is 0. The van der Waals surface area contributed by atoms with Crippen LogP contribution in [0.3, 0.4) is 0 Å². The quantitative estimate of drug-likeness (QED) is 0.658. The molecule has 0 aliphatic rings. The van der Waals surface area contributed by atoms with Crippen molar-refractivity contribution < 1.29 is 0 Å². The number of rotatable bonds is 3. The van der Waals surface area contributed by atoms with E-state index in [1.165, 1.54) is 5.69 Å². The van der Waals surface area contributed by atoms with Gasteiger partial charge in [0, 0.05) is 17.6 Å². The van der Waals surface area contributed by atoms with E-state index in [-0.39, 0.29) is 0 Å². The van der Waals surface area contributed by atoms with E-state index in [2.05, 4.69) is 28.7 Å². The van der Waals surface area contributed by atoms with Crippen molar-refractivity contribution >= 4 is 17.0 Å². The molecule has 54 valence electrons. The second kappa shape index (κ2) is 3.42. The van der Waals surface area contributed by atoms with Crippen LogP contribution in [0.5, 0.6) is 0 Å². The second-order valence-corrected chi connectivity index (χ2v) is 3.10. The summed E-state index contributed by atoms with van der Waals surface area (Å²) in [5.74, 6) is 0. The summed E-state index contributed by atoms with van der Waals surface area (Å²) in [4.78, 5) is 0. The number of hydrogen-bond donors (Lipinski definition) is 1. The van der Waals surface area contributed by atoms with E-state index < -0.39 is 0 Å². The Balaban J connectivity index is 2.35. The van der Waals surface area contributed by atoms with Crippen LogP contribution < -0.4 is 5.32 Å². The lowest BCUT2D eigenvalue weighted by atomic mass is 10.3. The Labute approximate surface area is 65.4 Å². The first kappa shape index (κ1) is 7.35. The van der Waals surface area contributed by atoms with Crippen molar-refractivity contribution in [2.75, 3.05) is 11.9 Å². The van der Waals surface area contributed by atoms with Crippen LogP contribution in [0, 0.1) is 0 Å². The van der Waals surface area contributed by atoms with Gasteiger partial charge in [-0.2, -0.15) is 11.3 Å². The minimum Gasteiger partial charge on any atom is -0.381 e. The zero-order valence-corrected chi connectivity index (χ0v) is 6.87. The van der Waals surface area contributed by atoms with E-state index in [1.54, 1.807) is 11.3 Å². The monoisotopic (exact) mass is 153 g/mol. The summed E-state index contributed by atoms with van der Waals surface area (Å²) in [6, 6.07) is 2.06. The van der Waals surface area contributed by atoms with Crippen molar-refractivity contribution in [1.29, 1.82) is 0 Å². The Morgan fingerprint density at radius 3 is 3.10 bits per heavy atom. The van der Waals surface area contributed by atoms with Gasteiger partial charge in [-0.3, -0.25) is 0 Å². The van der Waals surface area contributed by atoms with Crippen molar-refractivity contribution in [1.82, 2.24) is 0 Å². The SMILES string of the molecule is C=C(C)CNc1ccsc1. The van der Waals surface area contributed by atoms with Gasteiger partial charge in [0.15, 0.2) is 0 Å². The van der Waals surface area contributed by atoms with E-state index >= 15 is 0 Å². The van der Waals surface area contributed by atoms with Gasteiger partial charge in [0.05, 0.1) is 0 Å². The topological polar surface area (TPSA) is 12.0 Å². The summed E-state index contributed by atoms with van der Waals surface area (Å²) in [6.45, 7) is 6.68. The lowest BCUT2D eigenvalue weighted by molar-refractivity contribution is 1.22. The highest BCUT2D eigenvalue weighted by Crippen LogP contribution is 2.11. The third kappa shape index (κ3) is 2.23. The van der Waals surface area contributed by atoms with Crippen LogP contribution in [0.2, 0.25) is 0 Å². The van der Waals surface area contributed by atoms with Gasteiger partial charge in [0.2, 0.25) is 0 Å². The van der Waals surface area contributed by atoms with Gasteiger partial charge in [-0.15, -0.1) is 0 Å². The van der Waals surface area contributed by atoms with Gasteiger partial charge in [-0.05, 0) is 18.4 Å². The van der Waals surface area contributed by atoms with Crippen LogP contribution in [0.25, 0.3) is 0 Å². The first-order valence-electron chi connectivity index (χ1n) is 3.19. The van der Waals surface area contributed by atoms with E-state index in [9.17, 15) is 0 Å². The fraction of sp³-hybridized carbons (Fsp3) is 0.250. The normalized spacial score (nSPS) is 9.30. The largest absolute Gasteiger partial charge is 0.381 e. The molecule has 0 atom stereocenters. The summed E-state index contributed by atoms with van der Waals surface area (Å²) >= 11 is 1.70. The second-order valence-electron chi connectivity index (χ2n) is 2.32. The lowest BCUT2D eigenvalue weighted by Crippen LogP contribution is -1.99. The van der Waals surface area contributed by atoms with Crippen molar-refractivity contribution in [3.8, 4) is 0 Å². The molecule has 1 nitrogen and oxygen atoms in total. The van der Waals surface area contributed by atoms with Gasteiger partial charge in [-0.1, -0.05) is 12.2 Å². The molecule has 1 aromatic heterocycles. The maximum absolute atomic E-state index is 3.80. The fourth-order valence-electron chi connectivity index (χ4n) is 0.618. The first-order chi connectivity index (χ1) is 4.79. The molecule has 0 bridgehead atoms. The van der Waals surface area contributed by atoms with E-state index in [0.29, 0.717) is 0 Å². The Morgan fingerprint density at radius 2 is 2.60 bits per heavy atom. The van der Waals surface area contributed by atoms with Gasteiger partial charge >= 0.3 is 0 Å². The summed E-state index contributed by atoms with van der Waals surface area (Å²) in [5.41, 5.74) is 2.35. The molecule has 0 aliphatic carbocycles. The first-order valence-corrected chi connectivity index (χ1v) is 4.14. The Bertz CT molecular complexity index is 201. The summed E-state index contributed by atoms with van der Waals surface area (Å²) in [5, 5.41) is 7.38. The highest BCUT2D eigenvalue weighted by atomic mass is 32.1. The number of anilines is 1. The van der Waals surface area contributed by atoms with Gasteiger partial charge in [-0.25, -0.2) is 0 Å². The molecule has 0 saturated carbocycles. The Kier molecular flexibility index (Phi) is 2.51. The van der Waals surface area contributed by atoms with Crippen LogP contribution in [-0.2, 0) is 0 Å².